The van der Waals surface area contributed by atoms with E-state index in [0.717, 1.165) is 35.4 Å². The topological polar surface area (TPSA) is 54.1 Å². The number of hydrogen-bond acceptors (Lipinski definition) is 2. The summed E-state index contributed by atoms with van der Waals surface area (Å²) in [5.74, 6) is 0.780. The standard InChI is InChI=1S/C22H22N2O2/c1-15(25)24-20-12-23-19-8-7-17(11-18(19)20)26-10-9-21-13-22(21,14-21)16-5-3-2-4-6-16/h2-8,11-12,23H,9-10,13-14H2,1H3,(H,24,25). The predicted molar refractivity (Wildman–Crippen MR) is 103 cm³/mol. The summed E-state index contributed by atoms with van der Waals surface area (Å²) in [7, 11) is 0. The van der Waals surface area contributed by atoms with Crippen LogP contribution in [0.3, 0.4) is 0 Å². The first-order valence-electron chi connectivity index (χ1n) is 9.19. The molecule has 1 aromatic heterocycles. The van der Waals surface area contributed by atoms with Gasteiger partial charge in [-0.25, -0.2) is 0 Å². The summed E-state index contributed by atoms with van der Waals surface area (Å²) in [6, 6.07) is 16.9. The van der Waals surface area contributed by atoms with Gasteiger partial charge in [-0.2, -0.15) is 0 Å². The molecule has 2 aromatic carbocycles. The van der Waals surface area contributed by atoms with Gasteiger partial charge in [0.05, 0.1) is 12.3 Å². The number of aromatic nitrogens is 1. The lowest BCUT2D eigenvalue weighted by Gasteiger charge is -2.08. The molecule has 4 nitrogen and oxygen atoms in total. The molecule has 2 saturated carbocycles. The van der Waals surface area contributed by atoms with E-state index in [-0.39, 0.29) is 5.91 Å². The highest BCUT2D eigenvalue weighted by atomic mass is 16.5. The predicted octanol–water partition coefficient (Wildman–Crippen LogP) is 4.63. The molecule has 0 bridgehead atoms. The summed E-state index contributed by atoms with van der Waals surface area (Å²) in [5, 5.41) is 3.83. The fourth-order valence-electron chi connectivity index (χ4n) is 4.55. The Bertz CT molecular complexity index is 984. The number of nitrogens with one attached hydrogen (secondary N) is 2. The average molecular weight is 346 g/mol. The Morgan fingerprint density at radius 2 is 2.00 bits per heavy atom. The van der Waals surface area contributed by atoms with Crippen LogP contribution in [0, 0.1) is 5.41 Å². The first-order valence-corrected chi connectivity index (χ1v) is 9.19. The summed E-state index contributed by atoms with van der Waals surface area (Å²) in [6.07, 6.45) is 5.52. The fourth-order valence-corrected chi connectivity index (χ4v) is 4.55. The van der Waals surface area contributed by atoms with Gasteiger partial charge in [-0.15, -0.1) is 0 Å². The molecule has 4 heteroatoms. The molecule has 5 rings (SSSR count). The van der Waals surface area contributed by atoms with Crippen LogP contribution in [0.5, 0.6) is 5.75 Å². The third kappa shape index (κ3) is 2.32. The SMILES string of the molecule is CC(=O)Nc1c[nH]c2ccc(OCCC34CC3(c3ccccc3)C4)cc12. The van der Waals surface area contributed by atoms with E-state index in [9.17, 15) is 4.79 Å². The zero-order valence-corrected chi connectivity index (χ0v) is 14.8. The van der Waals surface area contributed by atoms with E-state index >= 15 is 0 Å². The van der Waals surface area contributed by atoms with Crippen molar-refractivity contribution in [1.29, 1.82) is 0 Å². The summed E-state index contributed by atoms with van der Waals surface area (Å²) in [6.45, 7) is 2.25. The van der Waals surface area contributed by atoms with Crippen LogP contribution in [0.2, 0.25) is 0 Å². The number of ether oxygens (including phenoxy) is 1. The number of fused-ring (bicyclic) bond motifs is 2. The Balaban J connectivity index is 1.24. The maximum absolute atomic E-state index is 11.3. The Labute approximate surface area is 152 Å². The number of hydrogen-bond donors (Lipinski definition) is 2. The molecule has 0 unspecified atom stereocenters. The van der Waals surface area contributed by atoms with Crippen molar-refractivity contribution in [3.63, 3.8) is 0 Å². The van der Waals surface area contributed by atoms with Crippen molar-refractivity contribution in [1.82, 2.24) is 4.98 Å². The molecule has 0 atom stereocenters. The number of anilines is 1. The molecule has 3 aromatic rings. The van der Waals surface area contributed by atoms with E-state index in [0.29, 0.717) is 10.8 Å². The lowest BCUT2D eigenvalue weighted by molar-refractivity contribution is -0.114. The number of H-pyrrole nitrogens is 1. The van der Waals surface area contributed by atoms with Crippen LogP contribution in [0.4, 0.5) is 5.69 Å². The van der Waals surface area contributed by atoms with Crippen LogP contribution in [-0.4, -0.2) is 17.5 Å². The van der Waals surface area contributed by atoms with Gasteiger partial charge < -0.3 is 15.0 Å². The molecule has 2 aliphatic carbocycles. The van der Waals surface area contributed by atoms with Gasteiger partial charge in [0.1, 0.15) is 5.75 Å². The van der Waals surface area contributed by atoms with Crippen LogP contribution in [0.1, 0.15) is 31.7 Å². The van der Waals surface area contributed by atoms with Gasteiger partial charge in [-0.3, -0.25) is 4.79 Å². The van der Waals surface area contributed by atoms with E-state index in [1.165, 1.54) is 25.3 Å². The lowest BCUT2D eigenvalue weighted by atomic mass is 10.0. The molecular weight excluding hydrogens is 324 g/mol. The van der Waals surface area contributed by atoms with E-state index in [1.54, 1.807) is 0 Å². The summed E-state index contributed by atoms with van der Waals surface area (Å²) in [4.78, 5) is 14.5. The molecular formula is C22H22N2O2. The van der Waals surface area contributed by atoms with Gasteiger partial charge in [0.2, 0.25) is 5.91 Å². The van der Waals surface area contributed by atoms with E-state index in [4.69, 9.17) is 4.74 Å². The molecule has 0 spiro atoms. The van der Waals surface area contributed by atoms with Crippen LogP contribution in [-0.2, 0) is 10.2 Å². The number of rotatable bonds is 6. The quantitative estimate of drug-likeness (QED) is 0.684. The van der Waals surface area contributed by atoms with Crippen molar-refractivity contribution in [3.05, 3.63) is 60.3 Å². The van der Waals surface area contributed by atoms with Crippen molar-refractivity contribution in [2.24, 2.45) is 5.41 Å². The first-order chi connectivity index (χ1) is 12.6. The summed E-state index contributed by atoms with van der Waals surface area (Å²) < 4.78 is 6.04. The highest BCUT2D eigenvalue weighted by Gasteiger charge is 2.82. The normalized spacial score (nSPS) is 25.6. The minimum atomic E-state index is -0.0731. The Morgan fingerprint density at radius 1 is 1.19 bits per heavy atom. The van der Waals surface area contributed by atoms with Gasteiger partial charge >= 0.3 is 0 Å². The largest absolute Gasteiger partial charge is 0.494 e. The Hall–Kier alpha value is -2.75. The smallest absolute Gasteiger partial charge is 0.221 e. The molecule has 26 heavy (non-hydrogen) atoms. The highest BCUT2D eigenvalue weighted by molar-refractivity contribution is 6.01. The molecule has 2 aliphatic rings. The van der Waals surface area contributed by atoms with Crippen LogP contribution >= 0.6 is 0 Å². The minimum absolute atomic E-state index is 0.0731. The second-order valence-corrected chi connectivity index (χ2v) is 7.77. The van der Waals surface area contributed by atoms with Crippen molar-refractivity contribution in [2.75, 3.05) is 11.9 Å². The number of amides is 1. The second-order valence-electron chi connectivity index (χ2n) is 7.77. The molecule has 132 valence electrons. The number of carbonyl (C=O) groups is 1. The van der Waals surface area contributed by atoms with Gasteiger partial charge in [0, 0.05) is 29.4 Å². The Kier molecular flexibility index (Phi) is 3.20. The average Bonchev–Trinajstić information content (AvgIpc) is 3.40. The van der Waals surface area contributed by atoms with Gasteiger partial charge in [0.25, 0.3) is 0 Å². The number of aromatic amines is 1. The minimum Gasteiger partial charge on any atom is -0.494 e. The van der Waals surface area contributed by atoms with E-state index in [2.05, 4.69) is 40.6 Å². The van der Waals surface area contributed by atoms with Crippen molar-refractivity contribution in [3.8, 4) is 5.75 Å². The molecule has 2 N–H and O–H groups in total. The lowest BCUT2D eigenvalue weighted by Crippen LogP contribution is -2.05. The molecule has 2 fully saturated rings. The maximum atomic E-state index is 11.3. The highest BCUT2D eigenvalue weighted by Crippen LogP contribution is 2.87. The van der Waals surface area contributed by atoms with Crippen molar-refractivity contribution in [2.45, 2.75) is 31.6 Å². The maximum Gasteiger partial charge on any atom is 0.221 e. The Morgan fingerprint density at radius 3 is 2.77 bits per heavy atom. The van der Waals surface area contributed by atoms with Crippen LogP contribution in [0.15, 0.2) is 54.7 Å². The summed E-state index contributed by atoms with van der Waals surface area (Å²) in [5.41, 5.74) is 4.21. The molecule has 1 heterocycles. The zero-order chi connectivity index (χ0) is 17.8. The zero-order valence-electron chi connectivity index (χ0n) is 14.8. The molecule has 0 saturated heterocycles. The monoisotopic (exact) mass is 346 g/mol. The van der Waals surface area contributed by atoms with Gasteiger partial charge in [-0.1, -0.05) is 30.3 Å². The second kappa shape index (κ2) is 5.37. The number of carbonyl (C=O) groups excluding carboxylic acids is 1. The third-order valence-electron chi connectivity index (χ3n) is 6.19. The van der Waals surface area contributed by atoms with Crippen molar-refractivity contribution < 1.29 is 9.53 Å². The number of benzene rings is 2. The van der Waals surface area contributed by atoms with Crippen LogP contribution in [0.25, 0.3) is 10.9 Å². The summed E-state index contributed by atoms with van der Waals surface area (Å²) >= 11 is 0. The van der Waals surface area contributed by atoms with E-state index < -0.39 is 0 Å². The first kappa shape index (κ1) is 15.5. The van der Waals surface area contributed by atoms with Crippen LogP contribution < -0.4 is 10.1 Å². The molecule has 0 aliphatic heterocycles. The fraction of sp³-hybridized carbons (Fsp3) is 0.318. The molecule has 0 radical (unpaired) electrons. The van der Waals surface area contributed by atoms with Gasteiger partial charge in [0.15, 0.2) is 0 Å². The molecule has 1 amide bonds. The van der Waals surface area contributed by atoms with Crippen molar-refractivity contribution >= 4 is 22.5 Å². The van der Waals surface area contributed by atoms with Gasteiger partial charge in [-0.05, 0) is 48.4 Å². The van der Waals surface area contributed by atoms with E-state index in [1.807, 2.05) is 24.4 Å². The third-order valence-corrected chi connectivity index (χ3v) is 6.19.